The van der Waals surface area contributed by atoms with Gasteiger partial charge >= 0.3 is 0 Å². The van der Waals surface area contributed by atoms with Gasteiger partial charge in [0.25, 0.3) is 5.56 Å². The highest BCUT2D eigenvalue weighted by molar-refractivity contribution is 7.99. The van der Waals surface area contributed by atoms with Crippen LogP contribution in [0.25, 0.3) is 21.5 Å². The highest BCUT2D eigenvalue weighted by Crippen LogP contribution is 2.32. The zero-order valence-electron chi connectivity index (χ0n) is 17.0. The van der Waals surface area contributed by atoms with E-state index in [0.717, 1.165) is 5.56 Å². The van der Waals surface area contributed by atoms with Crippen LogP contribution in [0.4, 0.5) is 4.39 Å². The number of hydrogen-bond acceptors (Lipinski definition) is 6. The fraction of sp³-hybridized carbons (Fsp3) is 0.174. The minimum atomic E-state index is -0.286. The Bertz CT molecular complexity index is 1290. The van der Waals surface area contributed by atoms with E-state index in [1.807, 2.05) is 5.38 Å². The third kappa shape index (κ3) is 4.84. The molecule has 4 rings (SSSR count). The van der Waals surface area contributed by atoms with Crippen LogP contribution < -0.4 is 10.9 Å². The predicted molar refractivity (Wildman–Crippen MR) is 126 cm³/mol. The molecular weight excluding hydrogens is 449 g/mol. The smallest absolute Gasteiger partial charge is 0.263 e. The first-order chi connectivity index (χ1) is 15.6. The standard InChI is InChI=1S/C23H20FN3O3S2/c1-2-11-27-22(29)20-17(18-4-3-12-30-18)13-31-21(20)26-23(27)32-14-19(28)25-10-9-15-5-7-16(24)8-6-15/h2-8,12-13H,1,9-11,14H2,(H,25,28). The van der Waals surface area contributed by atoms with Crippen LogP contribution in [0.5, 0.6) is 0 Å². The maximum atomic E-state index is 13.2. The van der Waals surface area contributed by atoms with E-state index in [4.69, 9.17) is 4.42 Å². The molecule has 32 heavy (non-hydrogen) atoms. The number of carbonyl (C=O) groups is 1. The number of hydrogen-bond donors (Lipinski definition) is 1. The van der Waals surface area contributed by atoms with Crippen molar-refractivity contribution >= 4 is 39.2 Å². The number of thioether (sulfide) groups is 1. The molecule has 0 unspecified atom stereocenters. The van der Waals surface area contributed by atoms with Gasteiger partial charge in [0.05, 0.1) is 17.4 Å². The Hall–Kier alpha value is -3.17. The Balaban J connectivity index is 1.46. The third-order valence-corrected chi connectivity index (χ3v) is 6.59. The lowest BCUT2D eigenvalue weighted by atomic mass is 10.1. The van der Waals surface area contributed by atoms with Crippen LogP contribution in [0.2, 0.25) is 0 Å². The van der Waals surface area contributed by atoms with E-state index in [-0.39, 0.29) is 29.6 Å². The number of nitrogens with one attached hydrogen (secondary N) is 1. The average molecular weight is 470 g/mol. The fourth-order valence-electron chi connectivity index (χ4n) is 3.20. The highest BCUT2D eigenvalue weighted by atomic mass is 32.2. The maximum Gasteiger partial charge on any atom is 0.263 e. The first-order valence-electron chi connectivity index (χ1n) is 9.87. The van der Waals surface area contributed by atoms with E-state index in [1.54, 1.807) is 36.6 Å². The SMILES string of the molecule is C=CCn1c(SCC(=O)NCCc2ccc(F)cc2)nc2scc(-c3ccco3)c2c1=O. The Morgan fingerprint density at radius 1 is 1.31 bits per heavy atom. The van der Waals surface area contributed by atoms with E-state index in [2.05, 4.69) is 16.9 Å². The van der Waals surface area contributed by atoms with E-state index in [1.165, 1.54) is 39.8 Å². The summed E-state index contributed by atoms with van der Waals surface area (Å²) in [6, 6.07) is 9.76. The molecule has 0 aliphatic rings. The van der Waals surface area contributed by atoms with Crippen molar-refractivity contribution in [1.82, 2.24) is 14.9 Å². The van der Waals surface area contributed by atoms with Crippen LogP contribution in [0.3, 0.4) is 0 Å². The number of nitrogens with zero attached hydrogens (tertiary/aromatic N) is 2. The molecule has 0 fully saturated rings. The van der Waals surface area contributed by atoms with Crippen LogP contribution in [-0.4, -0.2) is 27.8 Å². The molecule has 0 aliphatic heterocycles. The van der Waals surface area contributed by atoms with E-state index in [9.17, 15) is 14.0 Å². The van der Waals surface area contributed by atoms with Crippen molar-refractivity contribution < 1.29 is 13.6 Å². The van der Waals surface area contributed by atoms with Gasteiger partial charge in [0.15, 0.2) is 5.16 Å². The summed E-state index contributed by atoms with van der Waals surface area (Å²) in [6.45, 7) is 4.45. The van der Waals surface area contributed by atoms with Crippen molar-refractivity contribution in [3.63, 3.8) is 0 Å². The van der Waals surface area contributed by atoms with Crippen molar-refractivity contribution in [1.29, 1.82) is 0 Å². The maximum absolute atomic E-state index is 13.2. The number of benzene rings is 1. The molecule has 1 aromatic carbocycles. The second-order valence-corrected chi connectivity index (χ2v) is 8.72. The van der Waals surface area contributed by atoms with E-state index >= 15 is 0 Å². The number of furan rings is 1. The van der Waals surface area contributed by atoms with Gasteiger partial charge in [-0.15, -0.1) is 17.9 Å². The molecule has 0 radical (unpaired) electrons. The summed E-state index contributed by atoms with van der Waals surface area (Å²) in [7, 11) is 0. The molecule has 9 heteroatoms. The molecule has 1 amide bonds. The number of thiophene rings is 1. The molecule has 0 bridgehead atoms. The summed E-state index contributed by atoms with van der Waals surface area (Å²) < 4.78 is 20.0. The largest absolute Gasteiger partial charge is 0.464 e. The van der Waals surface area contributed by atoms with Gasteiger partial charge in [-0.05, 0) is 36.2 Å². The first kappa shape index (κ1) is 22.0. The zero-order chi connectivity index (χ0) is 22.5. The molecule has 164 valence electrons. The molecule has 6 nitrogen and oxygen atoms in total. The molecule has 3 heterocycles. The number of carbonyl (C=O) groups excluding carboxylic acids is 1. The van der Waals surface area contributed by atoms with Crippen LogP contribution in [0, 0.1) is 5.82 Å². The summed E-state index contributed by atoms with van der Waals surface area (Å²) >= 11 is 2.57. The summed E-state index contributed by atoms with van der Waals surface area (Å²) in [5.41, 5.74) is 1.46. The first-order valence-corrected chi connectivity index (χ1v) is 11.7. The normalized spacial score (nSPS) is 11.0. The molecule has 1 N–H and O–H groups in total. The fourth-order valence-corrected chi connectivity index (χ4v) is 5.00. The Morgan fingerprint density at radius 2 is 2.12 bits per heavy atom. The molecule has 4 aromatic rings. The van der Waals surface area contributed by atoms with E-state index in [0.29, 0.717) is 39.7 Å². The summed E-state index contributed by atoms with van der Waals surface area (Å²) in [6.07, 6.45) is 3.79. The van der Waals surface area contributed by atoms with Crippen molar-refractivity contribution in [2.75, 3.05) is 12.3 Å². The highest BCUT2D eigenvalue weighted by Gasteiger charge is 2.18. The lowest BCUT2D eigenvalue weighted by molar-refractivity contribution is -0.118. The Morgan fingerprint density at radius 3 is 2.84 bits per heavy atom. The van der Waals surface area contributed by atoms with Crippen molar-refractivity contribution in [2.24, 2.45) is 0 Å². The van der Waals surface area contributed by atoms with Gasteiger partial charge in [-0.2, -0.15) is 0 Å². The van der Waals surface area contributed by atoms with Gasteiger partial charge in [0.1, 0.15) is 16.4 Å². The van der Waals surface area contributed by atoms with Crippen molar-refractivity contribution in [3.05, 3.63) is 82.4 Å². The third-order valence-electron chi connectivity index (χ3n) is 4.74. The second-order valence-electron chi connectivity index (χ2n) is 6.92. The lowest BCUT2D eigenvalue weighted by Gasteiger charge is -2.11. The van der Waals surface area contributed by atoms with Gasteiger partial charge in [-0.3, -0.25) is 14.2 Å². The zero-order valence-corrected chi connectivity index (χ0v) is 18.7. The number of halogens is 1. The van der Waals surface area contributed by atoms with Crippen molar-refractivity contribution in [2.45, 2.75) is 18.1 Å². The van der Waals surface area contributed by atoms with Crippen LogP contribution in [-0.2, 0) is 17.8 Å². The van der Waals surface area contributed by atoms with Crippen LogP contribution in [0.1, 0.15) is 5.56 Å². The quantitative estimate of drug-likeness (QED) is 0.222. The number of amides is 1. The molecule has 3 aromatic heterocycles. The number of rotatable bonds is 9. The molecule has 0 aliphatic carbocycles. The lowest BCUT2D eigenvalue weighted by Crippen LogP contribution is -2.28. The molecule has 0 spiro atoms. The number of allylic oxidation sites excluding steroid dienone is 1. The summed E-state index contributed by atoms with van der Waals surface area (Å²) in [4.78, 5) is 30.7. The number of aromatic nitrogens is 2. The van der Waals surface area contributed by atoms with Gasteiger partial charge in [0, 0.05) is 24.0 Å². The van der Waals surface area contributed by atoms with Crippen LogP contribution in [0.15, 0.2) is 75.1 Å². The minimum Gasteiger partial charge on any atom is -0.464 e. The van der Waals surface area contributed by atoms with Gasteiger partial charge in [-0.25, -0.2) is 9.37 Å². The van der Waals surface area contributed by atoms with Crippen molar-refractivity contribution in [3.8, 4) is 11.3 Å². The molecule has 0 saturated carbocycles. The minimum absolute atomic E-state index is 0.120. The molecule has 0 saturated heterocycles. The Labute approximate surface area is 191 Å². The molecule has 0 atom stereocenters. The monoisotopic (exact) mass is 469 g/mol. The number of fused-ring (bicyclic) bond motifs is 1. The Kier molecular flexibility index (Phi) is 6.87. The van der Waals surface area contributed by atoms with E-state index < -0.39 is 0 Å². The van der Waals surface area contributed by atoms with Crippen LogP contribution >= 0.6 is 23.1 Å². The van der Waals surface area contributed by atoms with Gasteiger partial charge in [-0.1, -0.05) is 30.0 Å². The second kappa shape index (κ2) is 9.97. The molecular formula is C23H20FN3O3S2. The topological polar surface area (TPSA) is 77.1 Å². The van der Waals surface area contributed by atoms with Gasteiger partial charge in [0.2, 0.25) is 5.91 Å². The average Bonchev–Trinajstić information content (AvgIpc) is 3.46. The predicted octanol–water partition coefficient (Wildman–Crippen LogP) is 4.49. The summed E-state index contributed by atoms with van der Waals surface area (Å²) in [5, 5.41) is 5.66. The van der Waals surface area contributed by atoms with Gasteiger partial charge < -0.3 is 9.73 Å². The summed E-state index contributed by atoms with van der Waals surface area (Å²) in [5.74, 6) is 0.279.